The van der Waals surface area contributed by atoms with Gasteiger partial charge in [-0.1, -0.05) is 12.2 Å². The number of allylic oxidation sites excluding steroid dienone is 2. The second kappa shape index (κ2) is 3.92. The highest BCUT2D eigenvalue weighted by Crippen LogP contribution is 2.52. The van der Waals surface area contributed by atoms with E-state index in [2.05, 4.69) is 5.43 Å². The number of hydrogen-bond acceptors (Lipinski definition) is 5. The van der Waals surface area contributed by atoms with Gasteiger partial charge < -0.3 is 0 Å². The fraction of sp³-hybridized carbons (Fsp3) is 0.692. The Labute approximate surface area is 117 Å². The molecular weight excluding hydrogens is 280 g/mol. The molecule has 0 spiro atoms. The van der Waals surface area contributed by atoms with E-state index in [1.54, 1.807) is 0 Å². The summed E-state index contributed by atoms with van der Waals surface area (Å²) in [6, 6.07) is -0.322. The topological polar surface area (TPSA) is 83.6 Å². The Morgan fingerprint density at radius 2 is 1.70 bits per heavy atom. The maximum absolute atomic E-state index is 12.4. The first-order valence-corrected chi connectivity index (χ1v) is 8.81. The van der Waals surface area contributed by atoms with Crippen LogP contribution in [0.25, 0.3) is 0 Å². The van der Waals surface area contributed by atoms with E-state index in [1.807, 2.05) is 12.2 Å². The number of hydrazine groups is 1. The van der Waals surface area contributed by atoms with Crippen molar-refractivity contribution in [1.29, 1.82) is 0 Å². The lowest BCUT2D eigenvalue weighted by Gasteiger charge is -2.21. The zero-order chi connectivity index (χ0) is 14.1. The molecule has 4 aliphatic rings. The smallest absolute Gasteiger partial charge is 0.248 e. The number of nitrogens with zero attached hydrogens (tertiary/aromatic N) is 1. The van der Waals surface area contributed by atoms with Crippen molar-refractivity contribution < 1.29 is 18.0 Å². The molecule has 5 atom stereocenters. The highest BCUT2D eigenvalue weighted by Gasteiger charge is 2.59. The van der Waals surface area contributed by atoms with Crippen LogP contribution in [0.4, 0.5) is 0 Å². The zero-order valence-corrected chi connectivity index (χ0v) is 11.7. The quantitative estimate of drug-likeness (QED) is 0.548. The Morgan fingerprint density at radius 1 is 1.10 bits per heavy atom. The number of carbonyl (C=O) groups is 2. The molecule has 6 nitrogen and oxygen atoms in total. The summed E-state index contributed by atoms with van der Waals surface area (Å²) in [6.07, 6.45) is 5.44. The van der Waals surface area contributed by atoms with E-state index >= 15 is 0 Å². The van der Waals surface area contributed by atoms with Crippen LogP contribution in [0.5, 0.6) is 0 Å². The molecule has 7 heteroatoms. The third-order valence-corrected chi connectivity index (χ3v) is 6.78. The maximum Gasteiger partial charge on any atom is 0.248 e. The van der Waals surface area contributed by atoms with Crippen LogP contribution in [0.15, 0.2) is 12.2 Å². The van der Waals surface area contributed by atoms with E-state index < -0.39 is 9.84 Å². The average molecular weight is 296 g/mol. The van der Waals surface area contributed by atoms with Crippen LogP contribution in [0.1, 0.15) is 12.8 Å². The van der Waals surface area contributed by atoms with Gasteiger partial charge in [-0.05, 0) is 24.7 Å². The van der Waals surface area contributed by atoms with Crippen molar-refractivity contribution in [3.8, 4) is 0 Å². The molecule has 0 radical (unpaired) electrons. The molecule has 20 heavy (non-hydrogen) atoms. The predicted molar refractivity (Wildman–Crippen MR) is 69.8 cm³/mol. The molecule has 108 valence electrons. The van der Waals surface area contributed by atoms with Gasteiger partial charge in [0.25, 0.3) is 0 Å². The van der Waals surface area contributed by atoms with Gasteiger partial charge in [0, 0.05) is 6.04 Å². The minimum absolute atomic E-state index is 0.00446. The Kier molecular flexibility index (Phi) is 2.45. The molecule has 2 heterocycles. The molecular formula is C13H16N2O4S. The SMILES string of the molecule is O=C1[C@H]2[C@H](C(=O)N1N[C@H]1CCS(=O)(=O)C1)[C@H]1C=C[C@H]2C1. The molecule has 2 aliphatic carbocycles. The lowest BCUT2D eigenvalue weighted by molar-refractivity contribution is -0.145. The summed E-state index contributed by atoms with van der Waals surface area (Å²) in [6.45, 7) is 0. The van der Waals surface area contributed by atoms with E-state index in [9.17, 15) is 18.0 Å². The number of imide groups is 1. The third kappa shape index (κ3) is 1.62. The monoisotopic (exact) mass is 296 g/mol. The van der Waals surface area contributed by atoms with Gasteiger partial charge in [-0.25, -0.2) is 18.9 Å². The van der Waals surface area contributed by atoms with Gasteiger partial charge in [0.1, 0.15) is 0 Å². The van der Waals surface area contributed by atoms with E-state index in [4.69, 9.17) is 0 Å². The van der Waals surface area contributed by atoms with E-state index in [0.29, 0.717) is 6.42 Å². The van der Waals surface area contributed by atoms with Gasteiger partial charge in [0.05, 0.1) is 23.3 Å². The highest BCUT2D eigenvalue weighted by molar-refractivity contribution is 7.91. The molecule has 3 fully saturated rings. The number of nitrogens with one attached hydrogen (secondary N) is 1. The lowest BCUT2D eigenvalue weighted by atomic mass is 9.85. The first-order valence-electron chi connectivity index (χ1n) is 6.99. The minimum atomic E-state index is -3.02. The van der Waals surface area contributed by atoms with Gasteiger partial charge in [-0.2, -0.15) is 0 Å². The predicted octanol–water partition coefficient (Wildman–Crippen LogP) is -0.515. The van der Waals surface area contributed by atoms with Gasteiger partial charge in [0.2, 0.25) is 11.8 Å². The minimum Gasteiger partial charge on any atom is -0.273 e. The van der Waals surface area contributed by atoms with Crippen molar-refractivity contribution in [3.63, 3.8) is 0 Å². The number of fused-ring (bicyclic) bond motifs is 5. The van der Waals surface area contributed by atoms with Crippen molar-refractivity contribution >= 4 is 21.7 Å². The van der Waals surface area contributed by atoms with E-state index in [-0.39, 0.29) is 53.0 Å². The molecule has 2 aliphatic heterocycles. The molecule has 0 aromatic carbocycles. The molecule has 0 aromatic heterocycles. The normalized spacial score (nSPS) is 44.6. The van der Waals surface area contributed by atoms with Crippen molar-refractivity contribution in [2.45, 2.75) is 18.9 Å². The van der Waals surface area contributed by atoms with Gasteiger partial charge in [-0.15, -0.1) is 0 Å². The van der Waals surface area contributed by atoms with Crippen LogP contribution >= 0.6 is 0 Å². The van der Waals surface area contributed by atoms with Gasteiger partial charge >= 0.3 is 0 Å². The second-order valence-electron chi connectivity index (χ2n) is 6.24. The summed E-state index contributed by atoms with van der Waals surface area (Å²) >= 11 is 0. The van der Waals surface area contributed by atoms with Crippen molar-refractivity contribution in [2.75, 3.05) is 11.5 Å². The number of rotatable bonds is 2. The first kappa shape index (κ1) is 12.5. The summed E-state index contributed by atoms with van der Waals surface area (Å²) in [7, 11) is -3.02. The Hall–Kier alpha value is -1.21. The van der Waals surface area contributed by atoms with Gasteiger partial charge in [-0.3, -0.25) is 9.59 Å². The molecule has 2 bridgehead atoms. The molecule has 0 unspecified atom stereocenters. The Morgan fingerprint density at radius 3 is 2.20 bits per heavy atom. The molecule has 4 rings (SSSR count). The van der Waals surface area contributed by atoms with Gasteiger partial charge in [0.15, 0.2) is 9.84 Å². The fourth-order valence-electron chi connectivity index (χ4n) is 4.11. The third-order valence-electron chi connectivity index (χ3n) is 5.01. The summed E-state index contributed by atoms with van der Waals surface area (Å²) in [4.78, 5) is 24.8. The van der Waals surface area contributed by atoms with E-state index in [1.165, 1.54) is 0 Å². The number of carbonyl (C=O) groups excluding carboxylic acids is 2. The average Bonchev–Trinajstić information content (AvgIpc) is 3.10. The van der Waals surface area contributed by atoms with Crippen LogP contribution < -0.4 is 5.43 Å². The van der Waals surface area contributed by atoms with Crippen molar-refractivity contribution in [2.24, 2.45) is 23.7 Å². The summed E-state index contributed by atoms with van der Waals surface area (Å²) < 4.78 is 22.9. The number of amides is 2. The second-order valence-corrected chi connectivity index (χ2v) is 8.47. The molecule has 1 saturated carbocycles. The van der Waals surface area contributed by atoms with E-state index in [0.717, 1.165) is 11.4 Å². The molecule has 2 saturated heterocycles. The first-order chi connectivity index (χ1) is 9.46. The highest BCUT2D eigenvalue weighted by atomic mass is 32.2. The van der Waals surface area contributed by atoms with Crippen molar-refractivity contribution in [3.05, 3.63) is 12.2 Å². The lowest BCUT2D eigenvalue weighted by Crippen LogP contribution is -2.49. The van der Waals surface area contributed by atoms with Crippen LogP contribution in [-0.2, 0) is 19.4 Å². The van der Waals surface area contributed by atoms with Crippen LogP contribution in [0, 0.1) is 23.7 Å². The Balaban J connectivity index is 1.54. The largest absolute Gasteiger partial charge is 0.273 e. The summed E-state index contributed by atoms with van der Waals surface area (Å²) in [5.41, 5.74) is 2.86. The van der Waals surface area contributed by atoms with Crippen LogP contribution in [0.2, 0.25) is 0 Å². The van der Waals surface area contributed by atoms with Crippen LogP contribution in [0.3, 0.4) is 0 Å². The standard InChI is InChI=1S/C13H16N2O4S/c16-12-10-7-1-2-8(5-7)11(10)13(17)15(12)14-9-3-4-20(18,19)6-9/h1-2,7-11,14H,3-6H2/t7-,8-,9-,10+,11+/m0/s1. The molecule has 2 amide bonds. The Bertz CT molecular complexity index is 596. The van der Waals surface area contributed by atoms with Crippen molar-refractivity contribution in [1.82, 2.24) is 10.4 Å². The van der Waals surface area contributed by atoms with Crippen LogP contribution in [-0.4, -0.2) is 42.8 Å². The fourth-order valence-corrected chi connectivity index (χ4v) is 5.77. The number of sulfone groups is 1. The molecule has 0 aromatic rings. The maximum atomic E-state index is 12.4. The summed E-state index contributed by atoms with van der Waals surface area (Å²) in [5.74, 6) is -0.333. The zero-order valence-electron chi connectivity index (χ0n) is 10.9. The summed E-state index contributed by atoms with van der Waals surface area (Å²) in [5, 5.41) is 1.10. The number of hydrogen-bond donors (Lipinski definition) is 1. The molecule has 1 N–H and O–H groups in total.